The Balaban J connectivity index is 3.26. The van der Waals surface area contributed by atoms with Crippen LogP contribution in [0.3, 0.4) is 0 Å². The van der Waals surface area contributed by atoms with Crippen LogP contribution in [0.1, 0.15) is 11.7 Å². The number of benzene rings is 1. The summed E-state index contributed by atoms with van der Waals surface area (Å²) >= 11 is 3.24. The highest BCUT2D eigenvalue weighted by Crippen LogP contribution is 2.37. The number of rotatable bonds is 4. The third-order valence-electron chi connectivity index (χ3n) is 2.02. The van der Waals surface area contributed by atoms with E-state index in [1.165, 1.54) is 26.4 Å². The van der Waals surface area contributed by atoms with Crippen LogP contribution >= 0.6 is 15.9 Å². The zero-order valence-electron chi connectivity index (χ0n) is 8.73. The van der Waals surface area contributed by atoms with Crippen LogP contribution in [0.4, 0.5) is 0 Å². The van der Waals surface area contributed by atoms with E-state index < -0.39 is 12.1 Å². The second-order valence-electron chi connectivity index (χ2n) is 2.98. The largest absolute Gasteiger partial charge is 0.495 e. The van der Waals surface area contributed by atoms with E-state index >= 15 is 0 Å². The Morgan fingerprint density at radius 2 is 1.75 bits per heavy atom. The summed E-state index contributed by atoms with van der Waals surface area (Å²) in [5.74, 6) is -0.532. The van der Waals surface area contributed by atoms with E-state index in [2.05, 4.69) is 15.9 Å². The lowest BCUT2D eigenvalue weighted by Crippen LogP contribution is -2.10. The van der Waals surface area contributed by atoms with Crippen LogP contribution in [-0.4, -0.2) is 30.4 Å². The molecule has 6 heteroatoms. The molecular formula is C10H11BrO5. The highest BCUT2D eigenvalue weighted by Gasteiger charge is 2.20. The number of carboxylic acid groups (broad SMARTS) is 1. The molecule has 0 unspecified atom stereocenters. The normalized spacial score (nSPS) is 12.0. The first-order valence-electron chi connectivity index (χ1n) is 4.33. The van der Waals surface area contributed by atoms with Crippen LogP contribution in [0.5, 0.6) is 11.5 Å². The predicted molar refractivity (Wildman–Crippen MR) is 59.8 cm³/mol. The van der Waals surface area contributed by atoms with Crippen molar-refractivity contribution in [3.05, 3.63) is 22.2 Å². The predicted octanol–water partition coefficient (Wildman–Crippen LogP) is 1.58. The molecule has 1 rings (SSSR count). The molecular weight excluding hydrogens is 280 g/mol. The minimum Gasteiger partial charge on any atom is -0.495 e. The van der Waals surface area contributed by atoms with Crippen molar-refractivity contribution in [1.82, 2.24) is 0 Å². The Morgan fingerprint density at radius 3 is 2.06 bits per heavy atom. The van der Waals surface area contributed by atoms with Crippen molar-refractivity contribution >= 4 is 21.9 Å². The van der Waals surface area contributed by atoms with Crippen molar-refractivity contribution in [3.8, 4) is 11.5 Å². The fraction of sp³-hybridized carbons (Fsp3) is 0.300. The molecule has 1 aromatic rings. The Labute approximate surface area is 101 Å². The molecule has 0 spiro atoms. The van der Waals surface area contributed by atoms with E-state index in [0.717, 1.165) is 0 Å². The van der Waals surface area contributed by atoms with Gasteiger partial charge in [-0.05, 0) is 33.6 Å². The van der Waals surface area contributed by atoms with Gasteiger partial charge in [-0.2, -0.15) is 0 Å². The van der Waals surface area contributed by atoms with Crippen LogP contribution in [0, 0.1) is 0 Å². The molecule has 0 aliphatic carbocycles. The van der Waals surface area contributed by atoms with Crippen LogP contribution in [0.15, 0.2) is 16.6 Å². The maximum absolute atomic E-state index is 10.6. The molecule has 0 bridgehead atoms. The molecule has 2 N–H and O–H groups in total. The number of hydrogen-bond acceptors (Lipinski definition) is 4. The SMILES string of the molecule is COc1cc([C@@H](O)C(=O)O)cc(OC)c1Br. The quantitative estimate of drug-likeness (QED) is 0.881. The van der Waals surface area contributed by atoms with Gasteiger partial charge >= 0.3 is 5.97 Å². The Morgan fingerprint density at radius 1 is 1.31 bits per heavy atom. The van der Waals surface area contributed by atoms with Gasteiger partial charge in [0.25, 0.3) is 0 Å². The van der Waals surface area contributed by atoms with Crippen molar-refractivity contribution in [2.75, 3.05) is 14.2 Å². The summed E-state index contributed by atoms with van der Waals surface area (Å²) in [4.78, 5) is 10.6. The lowest BCUT2D eigenvalue weighted by Gasteiger charge is -2.13. The standard InChI is InChI=1S/C10H11BrO5/c1-15-6-3-5(9(12)10(13)14)4-7(16-2)8(6)11/h3-4,9,12H,1-2H3,(H,13,14)/t9-/m1/s1. The summed E-state index contributed by atoms with van der Waals surface area (Å²) in [6, 6.07) is 2.87. The molecule has 0 radical (unpaired) electrons. The molecule has 0 aliphatic heterocycles. The zero-order valence-corrected chi connectivity index (χ0v) is 10.3. The van der Waals surface area contributed by atoms with E-state index in [1.807, 2.05) is 0 Å². The van der Waals surface area contributed by atoms with Gasteiger partial charge in [0.1, 0.15) is 16.0 Å². The maximum Gasteiger partial charge on any atom is 0.337 e. The van der Waals surface area contributed by atoms with Gasteiger partial charge in [-0.1, -0.05) is 0 Å². The maximum atomic E-state index is 10.6. The van der Waals surface area contributed by atoms with Crippen molar-refractivity contribution < 1.29 is 24.5 Å². The molecule has 0 saturated carbocycles. The molecule has 0 aliphatic rings. The van der Waals surface area contributed by atoms with Crippen LogP contribution < -0.4 is 9.47 Å². The van der Waals surface area contributed by atoms with Gasteiger partial charge in [-0.25, -0.2) is 4.79 Å². The van der Waals surface area contributed by atoms with E-state index in [9.17, 15) is 9.90 Å². The smallest absolute Gasteiger partial charge is 0.337 e. The van der Waals surface area contributed by atoms with Crippen LogP contribution in [-0.2, 0) is 4.79 Å². The number of aliphatic hydroxyl groups excluding tert-OH is 1. The van der Waals surface area contributed by atoms with Gasteiger partial charge in [0, 0.05) is 0 Å². The third-order valence-corrected chi connectivity index (χ3v) is 2.80. The monoisotopic (exact) mass is 290 g/mol. The number of carbonyl (C=O) groups is 1. The number of aliphatic carboxylic acids is 1. The lowest BCUT2D eigenvalue weighted by atomic mass is 10.1. The molecule has 0 fully saturated rings. The average molecular weight is 291 g/mol. The van der Waals surface area contributed by atoms with Crippen molar-refractivity contribution in [1.29, 1.82) is 0 Å². The van der Waals surface area contributed by atoms with Gasteiger partial charge in [-0.3, -0.25) is 0 Å². The molecule has 0 amide bonds. The van der Waals surface area contributed by atoms with Gasteiger partial charge in [0.05, 0.1) is 14.2 Å². The minimum atomic E-state index is -1.60. The highest BCUT2D eigenvalue weighted by atomic mass is 79.9. The van der Waals surface area contributed by atoms with Gasteiger partial charge < -0.3 is 19.7 Å². The molecule has 5 nitrogen and oxygen atoms in total. The fourth-order valence-corrected chi connectivity index (χ4v) is 1.74. The zero-order chi connectivity index (χ0) is 12.3. The average Bonchev–Trinajstić information content (AvgIpc) is 2.28. The molecule has 16 heavy (non-hydrogen) atoms. The Bertz CT molecular complexity index is 379. The first kappa shape index (κ1) is 12.8. The van der Waals surface area contributed by atoms with E-state index in [0.29, 0.717) is 16.0 Å². The second kappa shape index (κ2) is 5.18. The van der Waals surface area contributed by atoms with Crippen molar-refractivity contribution in [3.63, 3.8) is 0 Å². The second-order valence-corrected chi connectivity index (χ2v) is 3.77. The lowest BCUT2D eigenvalue weighted by molar-refractivity contribution is -0.146. The fourth-order valence-electron chi connectivity index (χ4n) is 1.19. The summed E-state index contributed by atoms with van der Waals surface area (Å²) in [7, 11) is 2.88. The summed E-state index contributed by atoms with van der Waals surface area (Å²) in [5.41, 5.74) is 0.199. The molecule has 0 heterocycles. The molecule has 0 saturated heterocycles. The first-order valence-corrected chi connectivity index (χ1v) is 5.12. The Kier molecular flexibility index (Phi) is 4.14. The van der Waals surface area contributed by atoms with Gasteiger partial charge in [0.2, 0.25) is 0 Å². The summed E-state index contributed by atoms with van der Waals surface area (Å²) in [6.07, 6.45) is -1.60. The number of ether oxygens (including phenoxy) is 2. The van der Waals surface area contributed by atoms with Crippen molar-refractivity contribution in [2.24, 2.45) is 0 Å². The number of carboxylic acids is 1. The van der Waals surface area contributed by atoms with Crippen LogP contribution in [0.2, 0.25) is 0 Å². The topological polar surface area (TPSA) is 76.0 Å². The van der Waals surface area contributed by atoms with E-state index in [1.54, 1.807) is 0 Å². The molecule has 1 atom stereocenters. The van der Waals surface area contributed by atoms with E-state index in [4.69, 9.17) is 14.6 Å². The first-order chi connectivity index (χ1) is 7.51. The Hall–Kier alpha value is -1.27. The highest BCUT2D eigenvalue weighted by molar-refractivity contribution is 9.10. The van der Waals surface area contributed by atoms with Gasteiger partial charge in [0.15, 0.2) is 6.10 Å². The van der Waals surface area contributed by atoms with Crippen LogP contribution in [0.25, 0.3) is 0 Å². The summed E-state index contributed by atoms with van der Waals surface area (Å²) in [5, 5.41) is 18.1. The number of aliphatic hydroxyl groups is 1. The summed E-state index contributed by atoms with van der Waals surface area (Å²) < 4.78 is 10.6. The van der Waals surface area contributed by atoms with Crippen molar-refractivity contribution in [2.45, 2.75) is 6.10 Å². The molecule has 88 valence electrons. The van der Waals surface area contributed by atoms with E-state index in [-0.39, 0.29) is 5.56 Å². The molecule has 1 aromatic carbocycles. The third kappa shape index (κ3) is 2.45. The summed E-state index contributed by atoms with van der Waals surface area (Å²) in [6.45, 7) is 0. The van der Waals surface area contributed by atoms with Gasteiger partial charge in [-0.15, -0.1) is 0 Å². The molecule has 0 aromatic heterocycles. The number of halogens is 1. The minimum absolute atomic E-state index is 0.199. The number of methoxy groups -OCH3 is 2. The number of hydrogen-bond donors (Lipinski definition) is 2.